The summed E-state index contributed by atoms with van der Waals surface area (Å²) in [4.78, 5) is 2.38. The van der Waals surface area contributed by atoms with Gasteiger partial charge in [0.05, 0.1) is 19.8 Å². The predicted molar refractivity (Wildman–Crippen MR) is 82.7 cm³/mol. The molecule has 1 aromatic carbocycles. The summed E-state index contributed by atoms with van der Waals surface area (Å²) in [5.74, 6) is 0. The van der Waals surface area contributed by atoms with Crippen molar-refractivity contribution in [1.82, 2.24) is 5.32 Å². The van der Waals surface area contributed by atoms with Gasteiger partial charge in [-0.3, -0.25) is 0 Å². The summed E-state index contributed by atoms with van der Waals surface area (Å²) in [7, 11) is 1.71. The number of halogens is 1. The van der Waals surface area contributed by atoms with E-state index < -0.39 is 0 Å². The van der Waals surface area contributed by atoms with Crippen molar-refractivity contribution in [2.75, 3.05) is 44.9 Å². The summed E-state index contributed by atoms with van der Waals surface area (Å²) in [6, 6.07) is 6.48. The van der Waals surface area contributed by atoms with E-state index in [4.69, 9.17) is 21.1 Å². The normalized spacial score (nSPS) is 19.4. The highest BCUT2D eigenvalue weighted by Gasteiger charge is 2.22. The average Bonchev–Trinajstić information content (AvgIpc) is 2.45. The molecule has 0 spiro atoms. The Morgan fingerprint density at radius 3 is 3.10 bits per heavy atom. The van der Waals surface area contributed by atoms with E-state index in [1.807, 2.05) is 12.1 Å². The van der Waals surface area contributed by atoms with Crippen LogP contribution in [0.4, 0.5) is 5.69 Å². The van der Waals surface area contributed by atoms with E-state index in [1.165, 1.54) is 5.69 Å². The van der Waals surface area contributed by atoms with Gasteiger partial charge in [0.1, 0.15) is 0 Å². The number of ether oxygens (including phenoxy) is 2. The summed E-state index contributed by atoms with van der Waals surface area (Å²) in [5.41, 5.74) is 2.36. The topological polar surface area (TPSA) is 33.7 Å². The second kappa shape index (κ2) is 7.84. The molecule has 4 nitrogen and oxygen atoms in total. The summed E-state index contributed by atoms with van der Waals surface area (Å²) in [5, 5.41) is 4.18. The minimum Gasteiger partial charge on any atom is -0.383 e. The van der Waals surface area contributed by atoms with E-state index in [9.17, 15) is 0 Å². The molecule has 1 atom stereocenters. The third kappa shape index (κ3) is 3.85. The van der Waals surface area contributed by atoms with E-state index in [0.717, 1.165) is 43.4 Å². The first-order valence-electron chi connectivity index (χ1n) is 7.05. The zero-order chi connectivity index (χ0) is 14.4. The molecule has 1 unspecified atom stereocenters. The molecule has 1 N–H and O–H groups in total. The number of nitrogens with zero attached hydrogens (tertiary/aromatic N) is 1. The predicted octanol–water partition coefficient (Wildman–Crippen LogP) is 2.30. The highest BCUT2D eigenvalue weighted by atomic mass is 35.5. The summed E-state index contributed by atoms with van der Waals surface area (Å²) >= 11 is 6.38. The van der Waals surface area contributed by atoms with Crippen LogP contribution in [0.3, 0.4) is 0 Å². The number of anilines is 1. The zero-order valence-electron chi connectivity index (χ0n) is 12.2. The van der Waals surface area contributed by atoms with Gasteiger partial charge in [-0.25, -0.2) is 0 Å². The number of benzene rings is 1. The highest BCUT2D eigenvalue weighted by Crippen LogP contribution is 2.29. The van der Waals surface area contributed by atoms with Gasteiger partial charge in [0.25, 0.3) is 0 Å². The fourth-order valence-electron chi connectivity index (χ4n) is 2.46. The quantitative estimate of drug-likeness (QED) is 0.817. The largest absolute Gasteiger partial charge is 0.383 e. The molecule has 1 aromatic rings. The van der Waals surface area contributed by atoms with Crippen LogP contribution in [0, 0.1) is 0 Å². The third-order valence-corrected chi connectivity index (χ3v) is 3.91. The van der Waals surface area contributed by atoms with Crippen LogP contribution in [0.15, 0.2) is 18.2 Å². The van der Waals surface area contributed by atoms with Crippen LogP contribution in [-0.4, -0.2) is 46.1 Å². The molecule has 0 aliphatic carbocycles. The molecule has 0 bridgehead atoms. The van der Waals surface area contributed by atoms with Gasteiger partial charge in [0, 0.05) is 49.1 Å². The number of rotatable bonds is 6. The second-order valence-corrected chi connectivity index (χ2v) is 5.43. The van der Waals surface area contributed by atoms with E-state index in [2.05, 4.69) is 23.2 Å². The fourth-order valence-corrected chi connectivity index (χ4v) is 2.70. The molecule has 0 amide bonds. The Bertz CT molecular complexity index is 428. The molecule has 1 fully saturated rings. The van der Waals surface area contributed by atoms with Crippen molar-refractivity contribution in [3.63, 3.8) is 0 Å². The Labute approximate surface area is 126 Å². The number of morpholine rings is 1. The van der Waals surface area contributed by atoms with Crippen molar-refractivity contribution in [2.24, 2.45) is 0 Å². The Morgan fingerprint density at radius 2 is 2.35 bits per heavy atom. The van der Waals surface area contributed by atoms with Gasteiger partial charge in [-0.1, -0.05) is 17.7 Å². The summed E-state index contributed by atoms with van der Waals surface area (Å²) in [6.45, 7) is 6.90. The van der Waals surface area contributed by atoms with Crippen LogP contribution in [0.1, 0.15) is 12.5 Å². The van der Waals surface area contributed by atoms with E-state index >= 15 is 0 Å². The number of hydrogen-bond donors (Lipinski definition) is 1. The van der Waals surface area contributed by atoms with Gasteiger partial charge in [-0.2, -0.15) is 0 Å². The van der Waals surface area contributed by atoms with Crippen LogP contribution in [-0.2, 0) is 16.0 Å². The van der Waals surface area contributed by atoms with Crippen LogP contribution >= 0.6 is 11.6 Å². The second-order valence-electron chi connectivity index (χ2n) is 5.02. The van der Waals surface area contributed by atoms with Gasteiger partial charge in [-0.15, -0.1) is 0 Å². The first kappa shape index (κ1) is 15.6. The molecule has 1 saturated heterocycles. The maximum atomic E-state index is 6.38. The van der Waals surface area contributed by atoms with Gasteiger partial charge in [0.15, 0.2) is 0 Å². The van der Waals surface area contributed by atoms with Gasteiger partial charge in [0.2, 0.25) is 0 Å². The van der Waals surface area contributed by atoms with Crippen molar-refractivity contribution in [3.8, 4) is 0 Å². The molecule has 0 saturated carbocycles. The van der Waals surface area contributed by atoms with Crippen LogP contribution in [0.5, 0.6) is 0 Å². The minimum absolute atomic E-state index is 0.375. The van der Waals surface area contributed by atoms with Crippen LogP contribution in [0.2, 0.25) is 5.02 Å². The third-order valence-electron chi connectivity index (χ3n) is 3.56. The molecule has 112 valence electrons. The van der Waals surface area contributed by atoms with Crippen molar-refractivity contribution in [3.05, 3.63) is 28.8 Å². The summed E-state index contributed by atoms with van der Waals surface area (Å²) < 4.78 is 10.6. The van der Waals surface area contributed by atoms with Gasteiger partial charge >= 0.3 is 0 Å². The average molecular weight is 299 g/mol. The lowest BCUT2D eigenvalue weighted by Crippen LogP contribution is -2.44. The zero-order valence-corrected chi connectivity index (χ0v) is 12.9. The molecule has 1 heterocycles. The fraction of sp³-hybridized carbons (Fsp3) is 0.600. The lowest BCUT2D eigenvalue weighted by molar-refractivity contribution is 0.0988. The molecule has 0 radical (unpaired) electrons. The maximum absolute atomic E-state index is 6.38. The van der Waals surface area contributed by atoms with Gasteiger partial charge < -0.3 is 19.7 Å². The molecular weight excluding hydrogens is 276 g/mol. The van der Waals surface area contributed by atoms with E-state index in [-0.39, 0.29) is 0 Å². The Kier molecular flexibility index (Phi) is 6.10. The van der Waals surface area contributed by atoms with Crippen molar-refractivity contribution < 1.29 is 9.47 Å². The lowest BCUT2D eigenvalue weighted by atomic mass is 10.1. The van der Waals surface area contributed by atoms with Crippen LogP contribution in [0.25, 0.3) is 0 Å². The Morgan fingerprint density at radius 1 is 1.50 bits per heavy atom. The number of methoxy groups -OCH3 is 1. The molecule has 1 aliphatic rings. The van der Waals surface area contributed by atoms with E-state index in [0.29, 0.717) is 12.6 Å². The van der Waals surface area contributed by atoms with Crippen molar-refractivity contribution >= 4 is 17.3 Å². The first-order valence-corrected chi connectivity index (χ1v) is 7.43. The molecule has 2 rings (SSSR count). The number of nitrogens with one attached hydrogen (secondary N) is 1. The SMILES string of the molecule is COCCNCc1c(Cl)cccc1N1CCOCC1C. The minimum atomic E-state index is 0.375. The van der Waals surface area contributed by atoms with Crippen molar-refractivity contribution in [2.45, 2.75) is 19.5 Å². The highest BCUT2D eigenvalue weighted by molar-refractivity contribution is 6.31. The maximum Gasteiger partial charge on any atom is 0.0668 e. The molecular formula is C15H23ClN2O2. The van der Waals surface area contributed by atoms with Crippen molar-refractivity contribution in [1.29, 1.82) is 0 Å². The van der Waals surface area contributed by atoms with Gasteiger partial charge in [-0.05, 0) is 19.1 Å². The monoisotopic (exact) mass is 298 g/mol. The first-order chi connectivity index (χ1) is 9.74. The van der Waals surface area contributed by atoms with E-state index in [1.54, 1.807) is 7.11 Å². The number of hydrogen-bond acceptors (Lipinski definition) is 4. The summed E-state index contributed by atoms with van der Waals surface area (Å²) in [6.07, 6.45) is 0. The molecule has 20 heavy (non-hydrogen) atoms. The molecule has 5 heteroatoms. The molecule has 0 aromatic heterocycles. The molecule has 1 aliphatic heterocycles. The smallest absolute Gasteiger partial charge is 0.0668 e. The Hall–Kier alpha value is -0.810. The Balaban J connectivity index is 2.12. The lowest BCUT2D eigenvalue weighted by Gasteiger charge is -2.36. The van der Waals surface area contributed by atoms with Crippen LogP contribution < -0.4 is 10.2 Å². The standard InChI is InChI=1S/C15H23ClN2O2/c1-12-11-20-9-7-18(12)15-5-3-4-14(16)13(15)10-17-6-8-19-2/h3-5,12,17H,6-11H2,1-2H3.